The predicted octanol–water partition coefficient (Wildman–Crippen LogP) is 1.51. The Morgan fingerprint density at radius 3 is 2.32 bits per heavy atom. The number of nitrogens with two attached hydrogens (primary N) is 1. The predicted molar refractivity (Wildman–Crippen MR) is 72.8 cm³/mol. The molecule has 0 heterocycles. The van der Waals surface area contributed by atoms with Crippen LogP contribution in [-0.2, 0) is 16.1 Å². The van der Waals surface area contributed by atoms with Crippen molar-refractivity contribution in [2.75, 3.05) is 0 Å². The van der Waals surface area contributed by atoms with Crippen molar-refractivity contribution in [3.63, 3.8) is 0 Å². The van der Waals surface area contributed by atoms with E-state index in [1.165, 1.54) is 12.1 Å². The molecule has 2 rings (SSSR count). The van der Waals surface area contributed by atoms with Crippen LogP contribution in [0.3, 0.4) is 0 Å². The van der Waals surface area contributed by atoms with Crippen molar-refractivity contribution in [3.05, 3.63) is 35.4 Å². The lowest BCUT2D eigenvalue weighted by atomic mass is 10.1. The van der Waals surface area contributed by atoms with Gasteiger partial charge in [-0.1, -0.05) is 24.3 Å². The molecule has 0 spiro atoms. The summed E-state index contributed by atoms with van der Waals surface area (Å²) in [6, 6.07) is 6.09. The molecule has 0 radical (unpaired) electrons. The normalized spacial score (nSPS) is 15.5. The molecule has 1 aromatic rings. The number of carbonyl (C=O) groups excluding carboxylic acids is 2. The van der Waals surface area contributed by atoms with Gasteiger partial charge in [0.2, 0.25) is 5.91 Å². The average Bonchev–Trinajstić information content (AvgIpc) is 3.28. The first kappa shape index (κ1) is 16.0. The maximum absolute atomic E-state index is 12.1. The van der Waals surface area contributed by atoms with Crippen LogP contribution < -0.4 is 11.1 Å². The van der Waals surface area contributed by atoms with Crippen LogP contribution in [0.2, 0.25) is 0 Å². The lowest BCUT2D eigenvalue weighted by molar-refractivity contribution is -0.169. The van der Waals surface area contributed by atoms with Crippen LogP contribution in [0.15, 0.2) is 29.3 Å². The first-order chi connectivity index (χ1) is 10.3. The molecule has 0 atom stereocenters. The minimum absolute atomic E-state index is 0.000858. The SMILES string of the molecule is NC(=NC(=O)C(F)(F)F)c1ccc(CNC(=O)C2CC2)cc1. The largest absolute Gasteiger partial charge is 0.473 e. The Hall–Kier alpha value is -2.38. The smallest absolute Gasteiger partial charge is 0.383 e. The monoisotopic (exact) mass is 313 g/mol. The number of benzene rings is 1. The Morgan fingerprint density at radius 1 is 1.23 bits per heavy atom. The molecule has 1 aromatic carbocycles. The maximum atomic E-state index is 12.1. The lowest BCUT2D eigenvalue weighted by Crippen LogP contribution is -2.25. The van der Waals surface area contributed by atoms with Gasteiger partial charge in [0.1, 0.15) is 5.84 Å². The number of hydrogen-bond donors (Lipinski definition) is 2. The van der Waals surface area contributed by atoms with Crippen molar-refractivity contribution < 1.29 is 22.8 Å². The molecule has 1 aliphatic rings. The van der Waals surface area contributed by atoms with E-state index < -0.39 is 17.9 Å². The number of alkyl halides is 3. The van der Waals surface area contributed by atoms with Gasteiger partial charge in [0, 0.05) is 18.0 Å². The third kappa shape index (κ3) is 4.31. The number of nitrogens with one attached hydrogen (secondary N) is 1. The number of amides is 2. The Morgan fingerprint density at radius 2 is 1.82 bits per heavy atom. The Balaban J connectivity index is 1.97. The molecule has 0 unspecified atom stereocenters. The van der Waals surface area contributed by atoms with E-state index >= 15 is 0 Å². The zero-order valence-electron chi connectivity index (χ0n) is 11.5. The molecule has 1 aliphatic carbocycles. The quantitative estimate of drug-likeness (QED) is 0.653. The maximum Gasteiger partial charge on any atom is 0.473 e. The molecule has 1 fully saturated rings. The molecule has 0 saturated heterocycles. The van der Waals surface area contributed by atoms with E-state index in [0.717, 1.165) is 18.4 Å². The highest BCUT2D eigenvalue weighted by Gasteiger charge is 2.38. The van der Waals surface area contributed by atoms with Gasteiger partial charge in [-0.3, -0.25) is 9.59 Å². The van der Waals surface area contributed by atoms with E-state index in [1.54, 1.807) is 12.1 Å². The zero-order chi connectivity index (χ0) is 16.3. The number of rotatable bonds is 4. The van der Waals surface area contributed by atoms with Crippen molar-refractivity contribution >= 4 is 17.6 Å². The third-order valence-electron chi connectivity index (χ3n) is 3.13. The van der Waals surface area contributed by atoms with Crippen LogP contribution in [0.5, 0.6) is 0 Å². The van der Waals surface area contributed by atoms with E-state index in [-0.39, 0.29) is 17.4 Å². The minimum atomic E-state index is -5.04. The van der Waals surface area contributed by atoms with Gasteiger partial charge in [0.15, 0.2) is 0 Å². The molecule has 0 aromatic heterocycles. The summed E-state index contributed by atoms with van der Waals surface area (Å²) < 4.78 is 36.2. The summed E-state index contributed by atoms with van der Waals surface area (Å²) in [5.41, 5.74) is 6.35. The molecule has 22 heavy (non-hydrogen) atoms. The van der Waals surface area contributed by atoms with Gasteiger partial charge in [-0.2, -0.15) is 18.2 Å². The van der Waals surface area contributed by atoms with Crippen molar-refractivity contribution in [2.24, 2.45) is 16.6 Å². The van der Waals surface area contributed by atoms with Gasteiger partial charge >= 0.3 is 12.1 Å². The Bertz CT molecular complexity index is 605. The molecule has 3 N–H and O–H groups in total. The molecule has 0 bridgehead atoms. The van der Waals surface area contributed by atoms with E-state index in [0.29, 0.717) is 6.54 Å². The number of aliphatic imine (C=N–C) groups is 1. The summed E-state index contributed by atoms with van der Waals surface area (Å²) in [6.07, 6.45) is -3.23. The van der Waals surface area contributed by atoms with E-state index in [4.69, 9.17) is 5.73 Å². The van der Waals surface area contributed by atoms with Crippen molar-refractivity contribution in [2.45, 2.75) is 25.6 Å². The number of nitrogens with zero attached hydrogens (tertiary/aromatic N) is 1. The highest BCUT2D eigenvalue weighted by molar-refractivity contribution is 6.05. The topological polar surface area (TPSA) is 84.5 Å². The summed E-state index contributed by atoms with van der Waals surface area (Å²) >= 11 is 0. The van der Waals surface area contributed by atoms with Gasteiger partial charge in [-0.25, -0.2) is 0 Å². The fourth-order valence-corrected chi connectivity index (χ4v) is 1.71. The van der Waals surface area contributed by atoms with Gasteiger partial charge in [-0.05, 0) is 18.4 Å². The Kier molecular flexibility index (Phi) is 4.48. The second kappa shape index (κ2) is 6.17. The molecular weight excluding hydrogens is 299 g/mol. The van der Waals surface area contributed by atoms with E-state index in [9.17, 15) is 22.8 Å². The highest BCUT2D eigenvalue weighted by Crippen LogP contribution is 2.28. The summed E-state index contributed by atoms with van der Waals surface area (Å²) in [6.45, 7) is 0.328. The summed E-state index contributed by atoms with van der Waals surface area (Å²) in [7, 11) is 0. The second-order valence-electron chi connectivity index (χ2n) is 4.99. The molecular formula is C14H14F3N3O2. The summed E-state index contributed by atoms with van der Waals surface area (Å²) in [5.74, 6) is -2.64. The van der Waals surface area contributed by atoms with Crippen LogP contribution >= 0.6 is 0 Å². The van der Waals surface area contributed by atoms with Crippen LogP contribution in [0.25, 0.3) is 0 Å². The molecule has 118 valence electrons. The van der Waals surface area contributed by atoms with Crippen LogP contribution in [-0.4, -0.2) is 23.8 Å². The van der Waals surface area contributed by atoms with E-state index in [1.807, 2.05) is 0 Å². The van der Waals surface area contributed by atoms with Crippen LogP contribution in [0.1, 0.15) is 24.0 Å². The molecule has 1 saturated carbocycles. The number of carbonyl (C=O) groups is 2. The fraction of sp³-hybridized carbons (Fsp3) is 0.357. The zero-order valence-corrected chi connectivity index (χ0v) is 11.5. The Labute approximate surface area is 124 Å². The second-order valence-corrected chi connectivity index (χ2v) is 4.99. The average molecular weight is 313 g/mol. The van der Waals surface area contributed by atoms with Crippen LogP contribution in [0.4, 0.5) is 13.2 Å². The van der Waals surface area contributed by atoms with Crippen LogP contribution in [0, 0.1) is 5.92 Å². The minimum Gasteiger partial charge on any atom is -0.383 e. The van der Waals surface area contributed by atoms with Crippen molar-refractivity contribution in [1.82, 2.24) is 5.32 Å². The molecule has 5 nitrogen and oxygen atoms in total. The number of hydrogen-bond acceptors (Lipinski definition) is 2. The fourth-order valence-electron chi connectivity index (χ4n) is 1.71. The third-order valence-corrected chi connectivity index (χ3v) is 3.13. The standard InChI is InChI=1S/C14H14F3N3O2/c15-14(16,17)13(22)20-11(18)9-3-1-8(2-4-9)7-19-12(21)10-5-6-10/h1-4,10H,5-7H2,(H,19,21)(H2,18,20,22). The molecule has 2 amide bonds. The highest BCUT2D eigenvalue weighted by atomic mass is 19.4. The lowest BCUT2D eigenvalue weighted by Gasteiger charge is -2.06. The van der Waals surface area contributed by atoms with Gasteiger partial charge in [-0.15, -0.1) is 0 Å². The van der Waals surface area contributed by atoms with Gasteiger partial charge in [0.25, 0.3) is 0 Å². The van der Waals surface area contributed by atoms with Gasteiger partial charge < -0.3 is 11.1 Å². The van der Waals surface area contributed by atoms with Gasteiger partial charge in [0.05, 0.1) is 0 Å². The first-order valence-electron chi connectivity index (χ1n) is 6.59. The van der Waals surface area contributed by atoms with Crippen molar-refractivity contribution in [3.8, 4) is 0 Å². The summed E-state index contributed by atoms with van der Waals surface area (Å²) in [5, 5.41) is 2.76. The number of amidine groups is 1. The molecule has 8 heteroatoms. The number of halogens is 3. The first-order valence-corrected chi connectivity index (χ1v) is 6.59. The molecule has 0 aliphatic heterocycles. The van der Waals surface area contributed by atoms with Crippen molar-refractivity contribution in [1.29, 1.82) is 0 Å². The van der Waals surface area contributed by atoms with E-state index in [2.05, 4.69) is 10.3 Å². The summed E-state index contributed by atoms with van der Waals surface area (Å²) in [4.78, 5) is 25.0.